The normalized spacial score (nSPS) is 17.8. The third-order valence-corrected chi connectivity index (χ3v) is 7.30. The number of rotatable bonds is 6. The van der Waals surface area contributed by atoms with Crippen molar-refractivity contribution in [2.45, 2.75) is 46.0 Å². The highest BCUT2D eigenvalue weighted by atomic mass is 79.9. The molecule has 3 heteroatoms. The molecule has 0 atom stereocenters. The average Bonchev–Trinajstić information content (AvgIpc) is 2.83. The largest absolute Gasteiger partial charge is 0.303 e. The van der Waals surface area contributed by atoms with Gasteiger partial charge in [-0.15, -0.1) is 0 Å². The summed E-state index contributed by atoms with van der Waals surface area (Å²) in [5.74, 6) is 0.718. The molecule has 0 aromatic heterocycles. The second-order valence-corrected chi connectivity index (χ2v) is 9.75. The molecule has 2 aliphatic rings. The molecule has 0 radical (unpaired) electrons. The molecule has 2 aromatic carbocycles. The molecule has 29 heavy (non-hydrogen) atoms. The average molecular weight is 456 g/mol. The number of halogens is 2. The Labute approximate surface area is 183 Å². The van der Waals surface area contributed by atoms with E-state index in [1.54, 1.807) is 0 Å². The van der Waals surface area contributed by atoms with Gasteiger partial charge in [0.1, 0.15) is 0 Å². The van der Waals surface area contributed by atoms with Crippen LogP contribution < -0.4 is 0 Å². The van der Waals surface area contributed by atoms with Crippen LogP contribution in [-0.4, -0.2) is 31.2 Å². The zero-order chi connectivity index (χ0) is 20.4. The lowest BCUT2D eigenvalue weighted by atomic mass is 9.88. The molecule has 0 unspecified atom stereocenters. The Morgan fingerprint density at radius 1 is 1.03 bits per heavy atom. The number of likely N-dealkylation sites (tertiary alicyclic amines) is 1. The molecule has 154 valence electrons. The van der Waals surface area contributed by atoms with E-state index in [2.05, 4.69) is 71.1 Å². The fourth-order valence-corrected chi connectivity index (χ4v) is 5.47. The van der Waals surface area contributed by atoms with Gasteiger partial charge >= 0.3 is 0 Å². The van der Waals surface area contributed by atoms with Crippen LogP contribution >= 0.6 is 15.9 Å². The lowest BCUT2D eigenvalue weighted by molar-refractivity contribution is 0.0968. The van der Waals surface area contributed by atoms with E-state index >= 15 is 0 Å². The van der Waals surface area contributed by atoms with Gasteiger partial charge in [-0.05, 0) is 90.8 Å². The standard InChI is InChI=1S/C26H31BrFN/c1-18-13-23-5-3-6-25(27)26(24(23)14-19(18)2)22-9-7-20(8-10-22)15-21-16-29(17-21)12-4-11-28/h7-10,13-14,21H,3-6,11-12,15-17H2,1-2H3. The Kier molecular flexibility index (Phi) is 6.56. The van der Waals surface area contributed by atoms with Gasteiger partial charge < -0.3 is 4.90 Å². The summed E-state index contributed by atoms with van der Waals surface area (Å²) in [6.45, 7) is 7.37. The summed E-state index contributed by atoms with van der Waals surface area (Å²) in [6, 6.07) is 14.0. The molecule has 2 aromatic rings. The Morgan fingerprint density at radius 3 is 2.48 bits per heavy atom. The van der Waals surface area contributed by atoms with Gasteiger partial charge in [0.2, 0.25) is 0 Å². The maximum Gasteiger partial charge on any atom is 0.0906 e. The van der Waals surface area contributed by atoms with Crippen molar-refractivity contribution in [3.05, 3.63) is 74.3 Å². The quantitative estimate of drug-likeness (QED) is 0.472. The van der Waals surface area contributed by atoms with Crippen molar-refractivity contribution in [2.75, 3.05) is 26.3 Å². The van der Waals surface area contributed by atoms with Crippen LogP contribution in [0.5, 0.6) is 0 Å². The van der Waals surface area contributed by atoms with Crippen LogP contribution in [-0.2, 0) is 12.8 Å². The van der Waals surface area contributed by atoms with Gasteiger partial charge in [-0.25, -0.2) is 0 Å². The van der Waals surface area contributed by atoms with Gasteiger partial charge in [-0.3, -0.25) is 4.39 Å². The smallest absolute Gasteiger partial charge is 0.0906 e. The lowest BCUT2D eigenvalue weighted by Gasteiger charge is -2.39. The van der Waals surface area contributed by atoms with E-state index < -0.39 is 0 Å². The monoisotopic (exact) mass is 455 g/mol. The number of allylic oxidation sites excluding steroid dienone is 1. The molecular weight excluding hydrogens is 425 g/mol. The Balaban J connectivity index is 1.51. The summed E-state index contributed by atoms with van der Waals surface area (Å²) in [7, 11) is 0. The maximum absolute atomic E-state index is 12.3. The lowest BCUT2D eigenvalue weighted by Crippen LogP contribution is -2.47. The first-order chi connectivity index (χ1) is 14.0. The van der Waals surface area contributed by atoms with Crippen LogP contribution in [0.4, 0.5) is 4.39 Å². The van der Waals surface area contributed by atoms with Crippen LogP contribution in [0.3, 0.4) is 0 Å². The van der Waals surface area contributed by atoms with Crippen molar-refractivity contribution >= 4 is 21.5 Å². The van der Waals surface area contributed by atoms with Crippen molar-refractivity contribution in [1.29, 1.82) is 0 Å². The summed E-state index contributed by atoms with van der Waals surface area (Å²) >= 11 is 3.91. The fourth-order valence-electron chi connectivity index (χ4n) is 4.75. The number of nitrogens with zero attached hydrogens (tertiary/aromatic N) is 1. The predicted octanol–water partition coefficient (Wildman–Crippen LogP) is 6.63. The fraction of sp³-hybridized carbons (Fsp3) is 0.462. The van der Waals surface area contributed by atoms with Crippen molar-refractivity contribution in [3.8, 4) is 0 Å². The molecule has 0 bridgehead atoms. The van der Waals surface area contributed by atoms with Gasteiger partial charge in [0.05, 0.1) is 6.67 Å². The van der Waals surface area contributed by atoms with E-state index in [-0.39, 0.29) is 6.67 Å². The number of aryl methyl sites for hydroxylation is 3. The number of alkyl halides is 1. The topological polar surface area (TPSA) is 3.24 Å². The van der Waals surface area contributed by atoms with Crippen LogP contribution in [0, 0.1) is 19.8 Å². The molecule has 1 saturated heterocycles. The minimum Gasteiger partial charge on any atom is -0.303 e. The van der Waals surface area contributed by atoms with Gasteiger partial charge in [-0.1, -0.05) is 52.3 Å². The molecule has 1 aliphatic heterocycles. The molecule has 1 aliphatic carbocycles. The van der Waals surface area contributed by atoms with Crippen LogP contribution in [0.15, 0.2) is 40.9 Å². The zero-order valence-electron chi connectivity index (χ0n) is 17.6. The molecule has 0 N–H and O–H groups in total. The third kappa shape index (κ3) is 4.67. The van der Waals surface area contributed by atoms with E-state index in [1.165, 1.54) is 49.9 Å². The van der Waals surface area contributed by atoms with Gasteiger partial charge in [0, 0.05) is 24.1 Å². The zero-order valence-corrected chi connectivity index (χ0v) is 19.2. The summed E-state index contributed by atoms with van der Waals surface area (Å²) in [5, 5.41) is 0. The SMILES string of the molecule is Cc1cc2c(cc1C)C(c1ccc(CC3CN(CCCF)C3)cc1)=C(Br)CCC2. The highest BCUT2D eigenvalue weighted by molar-refractivity contribution is 9.11. The van der Waals surface area contributed by atoms with Crippen LogP contribution in [0.25, 0.3) is 5.57 Å². The molecule has 1 heterocycles. The maximum atomic E-state index is 12.3. The van der Waals surface area contributed by atoms with Crippen molar-refractivity contribution in [1.82, 2.24) is 4.90 Å². The molecule has 0 spiro atoms. The minimum absolute atomic E-state index is 0.198. The van der Waals surface area contributed by atoms with Crippen molar-refractivity contribution < 1.29 is 4.39 Å². The van der Waals surface area contributed by atoms with Crippen LogP contribution in [0.2, 0.25) is 0 Å². The molecule has 0 amide bonds. The number of fused-ring (bicyclic) bond motifs is 1. The van der Waals surface area contributed by atoms with E-state index in [9.17, 15) is 4.39 Å². The summed E-state index contributed by atoms with van der Waals surface area (Å²) in [6.07, 6.45) is 5.24. The molecular formula is C26H31BrFN. The van der Waals surface area contributed by atoms with E-state index in [4.69, 9.17) is 0 Å². The second kappa shape index (κ2) is 9.14. The molecule has 1 fully saturated rings. The number of hydrogen-bond donors (Lipinski definition) is 0. The molecule has 0 saturated carbocycles. The Morgan fingerprint density at radius 2 is 1.76 bits per heavy atom. The minimum atomic E-state index is -0.198. The first-order valence-corrected chi connectivity index (χ1v) is 11.7. The highest BCUT2D eigenvalue weighted by Gasteiger charge is 2.26. The van der Waals surface area contributed by atoms with Crippen molar-refractivity contribution in [3.63, 3.8) is 0 Å². The highest BCUT2D eigenvalue weighted by Crippen LogP contribution is 2.39. The van der Waals surface area contributed by atoms with Crippen LogP contribution in [0.1, 0.15) is 52.6 Å². The third-order valence-electron chi connectivity index (χ3n) is 6.51. The van der Waals surface area contributed by atoms with E-state index in [0.29, 0.717) is 6.42 Å². The van der Waals surface area contributed by atoms with Gasteiger partial charge in [0.25, 0.3) is 0 Å². The Bertz CT molecular complexity index is 894. The van der Waals surface area contributed by atoms with E-state index in [0.717, 1.165) is 44.8 Å². The predicted molar refractivity (Wildman–Crippen MR) is 124 cm³/mol. The van der Waals surface area contributed by atoms with Gasteiger partial charge in [-0.2, -0.15) is 0 Å². The van der Waals surface area contributed by atoms with E-state index in [1.807, 2.05) is 0 Å². The Hall–Kier alpha value is -1.45. The summed E-state index contributed by atoms with van der Waals surface area (Å²) < 4.78 is 13.6. The number of hydrogen-bond acceptors (Lipinski definition) is 1. The first kappa shape index (κ1) is 20.8. The first-order valence-electron chi connectivity index (χ1n) is 10.9. The van der Waals surface area contributed by atoms with Gasteiger partial charge in [0.15, 0.2) is 0 Å². The second-order valence-electron chi connectivity index (χ2n) is 8.80. The van der Waals surface area contributed by atoms with Crippen molar-refractivity contribution in [2.24, 2.45) is 5.92 Å². The summed E-state index contributed by atoms with van der Waals surface area (Å²) in [4.78, 5) is 2.37. The molecule has 1 nitrogen and oxygen atoms in total. The number of benzene rings is 2. The summed E-state index contributed by atoms with van der Waals surface area (Å²) in [5.41, 5.74) is 9.71. The molecule has 4 rings (SSSR count).